The highest BCUT2D eigenvalue weighted by Gasteiger charge is 2.19. The molecule has 0 aromatic heterocycles. The van der Waals surface area contributed by atoms with Crippen LogP contribution in [0.15, 0.2) is 48.6 Å². The zero-order valence-electron chi connectivity index (χ0n) is 38.3. The molecule has 1 unspecified atom stereocenters. The number of carbonyl (C=O) groups is 3. The Labute approximate surface area is 358 Å². The van der Waals surface area contributed by atoms with Gasteiger partial charge in [0.1, 0.15) is 13.2 Å². The Morgan fingerprint density at radius 1 is 0.362 bits per heavy atom. The molecule has 0 amide bonds. The van der Waals surface area contributed by atoms with Gasteiger partial charge in [0.2, 0.25) is 0 Å². The van der Waals surface area contributed by atoms with Crippen LogP contribution < -0.4 is 0 Å². The van der Waals surface area contributed by atoms with Gasteiger partial charge in [0.05, 0.1) is 0 Å². The van der Waals surface area contributed by atoms with Crippen molar-refractivity contribution >= 4 is 17.9 Å². The number of esters is 3. The van der Waals surface area contributed by atoms with Crippen LogP contribution in [0.4, 0.5) is 0 Å². The molecule has 0 aliphatic carbocycles. The summed E-state index contributed by atoms with van der Waals surface area (Å²) < 4.78 is 16.7. The molecule has 0 aromatic carbocycles. The normalized spacial score (nSPS) is 12.4. The van der Waals surface area contributed by atoms with E-state index in [4.69, 9.17) is 14.2 Å². The molecule has 0 aliphatic heterocycles. The molecule has 1 atom stereocenters. The lowest BCUT2D eigenvalue weighted by Gasteiger charge is -2.18. The van der Waals surface area contributed by atoms with E-state index in [1.807, 2.05) is 0 Å². The van der Waals surface area contributed by atoms with E-state index in [1.165, 1.54) is 135 Å². The summed E-state index contributed by atoms with van der Waals surface area (Å²) in [6.45, 7) is 6.46. The van der Waals surface area contributed by atoms with Crippen LogP contribution in [0.3, 0.4) is 0 Å². The average Bonchev–Trinajstić information content (AvgIpc) is 3.22. The highest BCUT2D eigenvalue weighted by Crippen LogP contribution is 2.14. The third kappa shape index (κ3) is 44.5. The first-order valence-electron chi connectivity index (χ1n) is 24.6. The van der Waals surface area contributed by atoms with Crippen molar-refractivity contribution < 1.29 is 28.6 Å². The van der Waals surface area contributed by atoms with Crippen LogP contribution in [0.2, 0.25) is 0 Å². The van der Waals surface area contributed by atoms with Crippen LogP contribution in [0.5, 0.6) is 0 Å². The SMILES string of the molecule is CC/C=C\C/C=C\C/C=C\CCCC(=O)OC(COC(=O)CCCCCCCCC/C=C\CCCCCCCCCC)COC(=O)CCCCCCCCCCCC. The molecule has 0 fully saturated rings. The van der Waals surface area contributed by atoms with Crippen molar-refractivity contribution in [2.45, 2.75) is 252 Å². The summed E-state index contributed by atoms with van der Waals surface area (Å²) >= 11 is 0. The Bertz CT molecular complexity index is 1030. The molecule has 6 nitrogen and oxygen atoms in total. The van der Waals surface area contributed by atoms with Gasteiger partial charge >= 0.3 is 17.9 Å². The Hall–Kier alpha value is -2.63. The summed E-state index contributed by atoms with van der Waals surface area (Å²) in [5.74, 6) is -0.951. The van der Waals surface area contributed by atoms with E-state index in [-0.39, 0.29) is 37.5 Å². The van der Waals surface area contributed by atoms with E-state index < -0.39 is 6.10 Å². The quantitative estimate of drug-likeness (QED) is 0.0264. The Morgan fingerprint density at radius 2 is 0.690 bits per heavy atom. The summed E-state index contributed by atoms with van der Waals surface area (Å²) in [6, 6.07) is 0. The molecule has 0 N–H and O–H groups in total. The zero-order valence-corrected chi connectivity index (χ0v) is 38.3. The van der Waals surface area contributed by atoms with Crippen molar-refractivity contribution in [2.75, 3.05) is 13.2 Å². The van der Waals surface area contributed by atoms with Crippen molar-refractivity contribution in [1.82, 2.24) is 0 Å². The number of rotatable bonds is 44. The molecule has 0 bridgehead atoms. The topological polar surface area (TPSA) is 78.9 Å². The van der Waals surface area contributed by atoms with Gasteiger partial charge in [-0.3, -0.25) is 14.4 Å². The predicted octanol–water partition coefficient (Wildman–Crippen LogP) is 15.9. The molecule has 0 saturated heterocycles. The second kappa shape index (κ2) is 47.1. The average molecular weight is 813 g/mol. The Balaban J connectivity index is 4.32. The summed E-state index contributed by atoms with van der Waals surface area (Å²) in [6.07, 6.45) is 55.4. The molecule has 0 aromatic rings. The molecule has 58 heavy (non-hydrogen) atoms. The fraction of sp³-hybridized carbons (Fsp3) is 0.788. The van der Waals surface area contributed by atoms with E-state index in [9.17, 15) is 14.4 Å². The third-order valence-electron chi connectivity index (χ3n) is 10.6. The fourth-order valence-corrected chi connectivity index (χ4v) is 6.87. The van der Waals surface area contributed by atoms with E-state index in [1.54, 1.807) is 0 Å². The minimum absolute atomic E-state index is 0.0929. The number of hydrogen-bond acceptors (Lipinski definition) is 6. The number of carbonyl (C=O) groups excluding carboxylic acids is 3. The number of allylic oxidation sites excluding steroid dienone is 8. The molecule has 0 rings (SSSR count). The molecule has 6 heteroatoms. The summed E-state index contributed by atoms with van der Waals surface area (Å²) in [5.41, 5.74) is 0. The van der Waals surface area contributed by atoms with Gasteiger partial charge in [0.25, 0.3) is 0 Å². The minimum Gasteiger partial charge on any atom is -0.462 e. The lowest BCUT2D eigenvalue weighted by atomic mass is 10.1. The maximum absolute atomic E-state index is 12.7. The van der Waals surface area contributed by atoms with Crippen LogP contribution in [-0.2, 0) is 28.6 Å². The maximum Gasteiger partial charge on any atom is 0.306 e. The van der Waals surface area contributed by atoms with Crippen LogP contribution in [0, 0.1) is 0 Å². The second-order valence-corrected chi connectivity index (χ2v) is 16.3. The van der Waals surface area contributed by atoms with Gasteiger partial charge in [-0.25, -0.2) is 0 Å². The van der Waals surface area contributed by atoms with Gasteiger partial charge in [-0.15, -0.1) is 0 Å². The number of unbranched alkanes of at least 4 members (excludes halogenated alkanes) is 25. The number of ether oxygens (including phenoxy) is 3. The van der Waals surface area contributed by atoms with Gasteiger partial charge in [-0.2, -0.15) is 0 Å². The second-order valence-electron chi connectivity index (χ2n) is 16.3. The standard InChI is InChI=1S/C52H92O6/c1-4-7-10-13-16-19-22-23-24-25-26-27-28-29-31-33-36-39-42-45-51(54)57-48-49(47-56-50(53)44-41-38-35-32-21-18-15-12-9-6-3)58-52(55)46-43-40-37-34-30-20-17-14-11-8-5-2/h8,11,17,20,25-26,34,37,49H,4-7,9-10,12-16,18-19,21-24,27-33,35-36,38-48H2,1-3H3/b11-8-,20-17-,26-25-,37-34-. The third-order valence-corrected chi connectivity index (χ3v) is 10.6. The monoisotopic (exact) mass is 813 g/mol. The predicted molar refractivity (Wildman–Crippen MR) is 247 cm³/mol. The van der Waals surface area contributed by atoms with E-state index in [0.717, 1.165) is 64.2 Å². The maximum atomic E-state index is 12.7. The van der Waals surface area contributed by atoms with Crippen LogP contribution in [0.1, 0.15) is 245 Å². The van der Waals surface area contributed by atoms with Gasteiger partial charge in [0, 0.05) is 19.3 Å². The highest BCUT2D eigenvalue weighted by atomic mass is 16.6. The smallest absolute Gasteiger partial charge is 0.306 e. The zero-order chi connectivity index (χ0) is 42.3. The largest absolute Gasteiger partial charge is 0.462 e. The first-order valence-corrected chi connectivity index (χ1v) is 24.6. The first kappa shape index (κ1) is 55.4. The van der Waals surface area contributed by atoms with Crippen molar-refractivity contribution in [3.05, 3.63) is 48.6 Å². The summed E-state index contributed by atoms with van der Waals surface area (Å²) in [4.78, 5) is 37.7. The molecule has 0 heterocycles. The van der Waals surface area contributed by atoms with Crippen LogP contribution in [0.25, 0.3) is 0 Å². The Morgan fingerprint density at radius 3 is 1.12 bits per heavy atom. The molecular formula is C52H92O6. The van der Waals surface area contributed by atoms with Crippen molar-refractivity contribution in [2.24, 2.45) is 0 Å². The van der Waals surface area contributed by atoms with Gasteiger partial charge < -0.3 is 14.2 Å². The summed E-state index contributed by atoms with van der Waals surface area (Å²) in [5, 5.41) is 0. The van der Waals surface area contributed by atoms with Gasteiger partial charge in [-0.1, -0.05) is 204 Å². The lowest BCUT2D eigenvalue weighted by Crippen LogP contribution is -2.30. The highest BCUT2D eigenvalue weighted by molar-refractivity contribution is 5.71. The van der Waals surface area contributed by atoms with Gasteiger partial charge in [-0.05, 0) is 70.6 Å². The van der Waals surface area contributed by atoms with E-state index >= 15 is 0 Å². The molecule has 0 spiro atoms. The summed E-state index contributed by atoms with van der Waals surface area (Å²) in [7, 11) is 0. The van der Waals surface area contributed by atoms with Crippen molar-refractivity contribution in [1.29, 1.82) is 0 Å². The van der Waals surface area contributed by atoms with Crippen molar-refractivity contribution in [3.63, 3.8) is 0 Å². The molecular weight excluding hydrogens is 721 g/mol. The molecule has 0 aliphatic rings. The fourth-order valence-electron chi connectivity index (χ4n) is 6.87. The number of hydrogen-bond donors (Lipinski definition) is 0. The molecule has 336 valence electrons. The first-order chi connectivity index (χ1) is 28.5. The van der Waals surface area contributed by atoms with Crippen molar-refractivity contribution in [3.8, 4) is 0 Å². The lowest BCUT2D eigenvalue weighted by molar-refractivity contribution is -0.167. The Kier molecular flexibility index (Phi) is 44.9. The minimum atomic E-state index is -0.796. The van der Waals surface area contributed by atoms with Gasteiger partial charge in [0.15, 0.2) is 6.10 Å². The molecule has 0 saturated carbocycles. The van der Waals surface area contributed by atoms with E-state index in [2.05, 4.69) is 69.4 Å². The van der Waals surface area contributed by atoms with E-state index in [0.29, 0.717) is 19.3 Å². The molecule has 0 radical (unpaired) electrons. The van der Waals surface area contributed by atoms with Crippen LogP contribution in [-0.4, -0.2) is 37.2 Å². The van der Waals surface area contributed by atoms with Crippen LogP contribution >= 0.6 is 0 Å².